The number of rotatable bonds is 1. The fourth-order valence-corrected chi connectivity index (χ4v) is 1.71. The van der Waals surface area contributed by atoms with Gasteiger partial charge in [0, 0.05) is 0 Å². The van der Waals surface area contributed by atoms with Gasteiger partial charge in [0.05, 0.1) is 0 Å². The van der Waals surface area contributed by atoms with E-state index in [1.165, 1.54) is 0 Å². The maximum atomic E-state index is 5.54. The topological polar surface area (TPSA) is 39.2 Å². The Morgan fingerprint density at radius 3 is 2.60 bits per heavy atom. The molecular formula is C11H6BrNO2. The summed E-state index contributed by atoms with van der Waals surface area (Å²) >= 11 is 3.24. The quantitative estimate of drug-likeness (QED) is 0.670. The number of halogens is 1. The molecule has 0 aliphatic heterocycles. The average molecular weight is 264 g/mol. The minimum atomic E-state index is 0.502. The summed E-state index contributed by atoms with van der Waals surface area (Å²) in [6.45, 7) is 0. The number of para-hydroxylation sites is 2. The zero-order valence-electron chi connectivity index (χ0n) is 7.61. The van der Waals surface area contributed by atoms with Crippen molar-refractivity contribution in [2.24, 2.45) is 0 Å². The molecule has 2 heterocycles. The van der Waals surface area contributed by atoms with Gasteiger partial charge < -0.3 is 8.83 Å². The Hall–Kier alpha value is -1.55. The van der Waals surface area contributed by atoms with Gasteiger partial charge in [-0.1, -0.05) is 12.1 Å². The number of aromatic nitrogens is 1. The van der Waals surface area contributed by atoms with Gasteiger partial charge in [-0.2, -0.15) is 0 Å². The van der Waals surface area contributed by atoms with Crippen molar-refractivity contribution in [2.75, 3.05) is 0 Å². The van der Waals surface area contributed by atoms with Crippen LogP contribution < -0.4 is 0 Å². The Morgan fingerprint density at radius 2 is 1.87 bits per heavy atom. The fraction of sp³-hybridized carbons (Fsp3) is 0. The van der Waals surface area contributed by atoms with Gasteiger partial charge in [0.15, 0.2) is 16.0 Å². The molecule has 0 unspecified atom stereocenters. The van der Waals surface area contributed by atoms with Crippen molar-refractivity contribution in [3.63, 3.8) is 0 Å². The van der Waals surface area contributed by atoms with Crippen molar-refractivity contribution in [3.8, 4) is 11.7 Å². The fourth-order valence-electron chi connectivity index (χ4n) is 1.41. The van der Waals surface area contributed by atoms with Gasteiger partial charge >= 0.3 is 0 Å². The highest BCUT2D eigenvalue weighted by Gasteiger charge is 2.10. The van der Waals surface area contributed by atoms with Crippen molar-refractivity contribution < 1.29 is 8.83 Å². The number of nitrogens with zero attached hydrogens (tertiary/aromatic N) is 1. The van der Waals surface area contributed by atoms with Crippen molar-refractivity contribution in [2.45, 2.75) is 0 Å². The molecule has 0 aliphatic carbocycles. The third-order valence-electron chi connectivity index (χ3n) is 2.08. The maximum absolute atomic E-state index is 5.54. The standard InChI is InChI=1S/C11H6BrNO2/c12-10-6-5-9(14-10)11-13-7-3-1-2-4-8(7)15-11/h1-6H. The first-order valence-corrected chi connectivity index (χ1v) is 5.23. The number of furan rings is 1. The van der Waals surface area contributed by atoms with E-state index in [1.54, 1.807) is 0 Å². The average Bonchev–Trinajstić information content (AvgIpc) is 2.82. The van der Waals surface area contributed by atoms with Crippen molar-refractivity contribution >= 4 is 27.0 Å². The molecule has 3 aromatic rings. The monoisotopic (exact) mass is 263 g/mol. The number of oxazole rings is 1. The van der Waals surface area contributed by atoms with Crippen LogP contribution in [0.4, 0.5) is 0 Å². The van der Waals surface area contributed by atoms with Gasteiger partial charge in [-0.15, -0.1) is 0 Å². The summed E-state index contributed by atoms with van der Waals surface area (Å²) < 4.78 is 11.6. The van der Waals surface area contributed by atoms with Crippen LogP contribution in [0.5, 0.6) is 0 Å². The molecule has 0 saturated carbocycles. The number of hydrogen-bond acceptors (Lipinski definition) is 3. The van der Waals surface area contributed by atoms with E-state index in [0.717, 1.165) is 11.1 Å². The Morgan fingerprint density at radius 1 is 1.00 bits per heavy atom. The molecular weight excluding hydrogens is 258 g/mol. The zero-order chi connectivity index (χ0) is 10.3. The molecule has 0 spiro atoms. The highest BCUT2D eigenvalue weighted by atomic mass is 79.9. The molecule has 1 aromatic carbocycles. The Bertz CT molecular complexity index is 579. The molecule has 0 N–H and O–H groups in total. The van der Waals surface area contributed by atoms with Gasteiger partial charge in [0.2, 0.25) is 0 Å². The summed E-state index contributed by atoms with van der Waals surface area (Å²) in [5.41, 5.74) is 1.60. The minimum absolute atomic E-state index is 0.502. The maximum Gasteiger partial charge on any atom is 0.263 e. The third-order valence-corrected chi connectivity index (χ3v) is 2.50. The van der Waals surface area contributed by atoms with Gasteiger partial charge in [0.25, 0.3) is 5.89 Å². The smallest absolute Gasteiger partial charge is 0.263 e. The van der Waals surface area contributed by atoms with E-state index in [-0.39, 0.29) is 0 Å². The molecule has 4 heteroatoms. The zero-order valence-corrected chi connectivity index (χ0v) is 9.19. The summed E-state index contributed by atoms with van der Waals surface area (Å²) in [6.07, 6.45) is 0. The molecule has 74 valence electrons. The van der Waals surface area contributed by atoms with Crippen LogP contribution in [0.25, 0.3) is 22.8 Å². The van der Waals surface area contributed by atoms with E-state index in [9.17, 15) is 0 Å². The van der Waals surface area contributed by atoms with E-state index in [4.69, 9.17) is 8.83 Å². The highest BCUT2D eigenvalue weighted by molar-refractivity contribution is 9.10. The summed E-state index contributed by atoms with van der Waals surface area (Å²) in [5.74, 6) is 1.12. The van der Waals surface area contributed by atoms with Crippen LogP contribution in [-0.2, 0) is 0 Å². The van der Waals surface area contributed by atoms with Crippen LogP contribution in [0, 0.1) is 0 Å². The van der Waals surface area contributed by atoms with Crippen LogP contribution >= 0.6 is 15.9 Å². The minimum Gasteiger partial charge on any atom is -0.444 e. The molecule has 0 aliphatic rings. The van der Waals surface area contributed by atoms with Gasteiger partial charge in [-0.3, -0.25) is 0 Å². The second-order valence-corrected chi connectivity index (χ2v) is 3.87. The lowest BCUT2D eigenvalue weighted by Crippen LogP contribution is -1.70. The molecule has 15 heavy (non-hydrogen) atoms. The molecule has 0 amide bonds. The van der Waals surface area contributed by atoms with Crippen LogP contribution in [0.15, 0.2) is 49.9 Å². The second kappa shape index (κ2) is 3.24. The Balaban J connectivity index is 2.19. The summed E-state index contributed by atoms with van der Waals surface area (Å²) in [5, 5.41) is 0. The number of benzene rings is 1. The predicted octanol–water partition coefficient (Wildman–Crippen LogP) is 3.85. The van der Waals surface area contributed by atoms with Crippen molar-refractivity contribution in [3.05, 3.63) is 41.1 Å². The molecule has 0 bridgehead atoms. The van der Waals surface area contributed by atoms with Gasteiger partial charge in [0.1, 0.15) is 5.52 Å². The van der Waals surface area contributed by atoms with E-state index < -0.39 is 0 Å². The first-order chi connectivity index (χ1) is 7.33. The van der Waals surface area contributed by atoms with E-state index >= 15 is 0 Å². The molecule has 3 rings (SSSR count). The lowest BCUT2D eigenvalue weighted by molar-refractivity contribution is 0.518. The predicted molar refractivity (Wildman–Crippen MR) is 59.4 cm³/mol. The van der Waals surface area contributed by atoms with Crippen molar-refractivity contribution in [1.82, 2.24) is 4.98 Å². The number of fused-ring (bicyclic) bond motifs is 1. The molecule has 0 radical (unpaired) electrons. The first-order valence-electron chi connectivity index (χ1n) is 4.44. The molecule has 0 atom stereocenters. The second-order valence-electron chi connectivity index (χ2n) is 3.09. The molecule has 0 fully saturated rings. The molecule has 2 aromatic heterocycles. The summed E-state index contributed by atoms with van der Waals surface area (Å²) in [6, 6.07) is 11.2. The van der Waals surface area contributed by atoms with Crippen LogP contribution in [0.2, 0.25) is 0 Å². The largest absolute Gasteiger partial charge is 0.444 e. The van der Waals surface area contributed by atoms with E-state index in [1.807, 2.05) is 36.4 Å². The van der Waals surface area contributed by atoms with E-state index in [2.05, 4.69) is 20.9 Å². The van der Waals surface area contributed by atoms with Crippen LogP contribution in [0.3, 0.4) is 0 Å². The first kappa shape index (κ1) is 8.73. The van der Waals surface area contributed by atoms with Crippen molar-refractivity contribution in [1.29, 1.82) is 0 Å². The van der Waals surface area contributed by atoms with Gasteiger partial charge in [-0.05, 0) is 40.2 Å². The number of hydrogen-bond donors (Lipinski definition) is 0. The highest BCUT2D eigenvalue weighted by Crippen LogP contribution is 2.27. The van der Waals surface area contributed by atoms with E-state index in [0.29, 0.717) is 16.3 Å². The summed E-state index contributed by atoms with van der Waals surface area (Å²) in [7, 11) is 0. The lowest BCUT2D eigenvalue weighted by atomic mass is 10.3. The van der Waals surface area contributed by atoms with Crippen LogP contribution in [-0.4, -0.2) is 4.98 Å². The lowest BCUT2D eigenvalue weighted by Gasteiger charge is -1.85. The van der Waals surface area contributed by atoms with Crippen LogP contribution in [0.1, 0.15) is 0 Å². The van der Waals surface area contributed by atoms with Gasteiger partial charge in [-0.25, -0.2) is 4.98 Å². The SMILES string of the molecule is Brc1ccc(-c2nc3ccccc3o2)o1. The normalized spacial score (nSPS) is 11.0. The summed E-state index contributed by atoms with van der Waals surface area (Å²) in [4.78, 5) is 4.32. The Labute approximate surface area is 93.8 Å². The molecule has 0 saturated heterocycles. The Kier molecular flexibility index (Phi) is 1.89. The molecule has 3 nitrogen and oxygen atoms in total. The third kappa shape index (κ3) is 1.47.